The second-order valence-corrected chi connectivity index (χ2v) is 4.45. The van der Waals surface area contributed by atoms with Gasteiger partial charge >= 0.3 is 5.97 Å². The van der Waals surface area contributed by atoms with Crippen molar-refractivity contribution in [3.8, 4) is 0 Å². The molecule has 0 fully saturated rings. The van der Waals surface area contributed by atoms with E-state index in [1.54, 1.807) is 25.1 Å². The molecule has 0 aliphatic carbocycles. The molecule has 1 amide bonds. The van der Waals surface area contributed by atoms with Crippen molar-refractivity contribution < 1.29 is 14.3 Å². The number of benzene rings is 1. The summed E-state index contributed by atoms with van der Waals surface area (Å²) in [6.45, 7) is 5.51. The predicted molar refractivity (Wildman–Crippen MR) is 67.2 cm³/mol. The van der Waals surface area contributed by atoms with Crippen molar-refractivity contribution in [3.63, 3.8) is 0 Å². The number of esters is 1. The molecule has 0 saturated heterocycles. The number of fused-ring (bicyclic) bond motifs is 1. The summed E-state index contributed by atoms with van der Waals surface area (Å²) < 4.78 is 5.27. The molecule has 0 unspecified atom stereocenters. The third-order valence-corrected chi connectivity index (χ3v) is 2.97. The molecule has 94 valence electrons. The Kier molecular flexibility index (Phi) is 3.19. The van der Waals surface area contributed by atoms with Crippen LogP contribution in [0.3, 0.4) is 0 Å². The number of carbonyl (C=O) groups is 2. The lowest BCUT2D eigenvalue weighted by atomic mass is 9.89. The molecule has 4 nitrogen and oxygen atoms in total. The Labute approximate surface area is 106 Å². The Bertz CT molecular complexity index is 510. The van der Waals surface area contributed by atoms with E-state index in [9.17, 15) is 9.59 Å². The van der Waals surface area contributed by atoms with Crippen molar-refractivity contribution in [1.82, 2.24) is 5.32 Å². The highest BCUT2D eigenvalue weighted by Gasteiger charge is 2.42. The van der Waals surface area contributed by atoms with Crippen molar-refractivity contribution in [2.24, 2.45) is 0 Å². The zero-order chi connectivity index (χ0) is 13.2. The van der Waals surface area contributed by atoms with E-state index in [1.165, 1.54) is 0 Å². The number of nitrogens with one attached hydrogen (secondary N) is 1. The molecule has 0 spiro atoms. The summed E-state index contributed by atoms with van der Waals surface area (Å²) in [6, 6.07) is 7.17. The largest absolute Gasteiger partial charge is 0.445 e. The summed E-state index contributed by atoms with van der Waals surface area (Å²) in [5.41, 5.74) is 0.227. The Balaban J connectivity index is 2.26. The topological polar surface area (TPSA) is 55.4 Å². The van der Waals surface area contributed by atoms with Gasteiger partial charge in [0.15, 0.2) is 5.60 Å². The molecular weight excluding hydrogens is 230 g/mol. The van der Waals surface area contributed by atoms with E-state index in [-0.39, 0.29) is 5.91 Å². The Morgan fingerprint density at radius 2 is 2.28 bits per heavy atom. The maximum atomic E-state index is 12.0. The minimum Gasteiger partial charge on any atom is -0.445 e. The van der Waals surface area contributed by atoms with Crippen LogP contribution >= 0.6 is 0 Å². The fourth-order valence-corrected chi connectivity index (χ4v) is 2.01. The fraction of sp³-hybridized carbons (Fsp3) is 0.286. The number of hydrogen-bond donors (Lipinski definition) is 1. The third kappa shape index (κ3) is 2.14. The number of carbonyl (C=O) groups excluding carboxylic acids is 2. The lowest BCUT2D eigenvalue weighted by Crippen LogP contribution is -2.51. The zero-order valence-electron chi connectivity index (χ0n) is 10.2. The van der Waals surface area contributed by atoms with Crippen LogP contribution in [0.5, 0.6) is 0 Å². The lowest BCUT2D eigenvalue weighted by molar-refractivity contribution is -0.139. The van der Waals surface area contributed by atoms with Crippen LogP contribution in [0.4, 0.5) is 0 Å². The smallest absolute Gasteiger partial charge is 0.339 e. The molecule has 1 N–H and O–H groups in total. The number of rotatable bonds is 3. The SMILES string of the molecule is C=CCNC(=O)[C@]1(C)Cc2ccccc2C(=O)O1. The monoisotopic (exact) mass is 245 g/mol. The molecule has 0 bridgehead atoms. The maximum absolute atomic E-state index is 12.0. The molecule has 4 heteroatoms. The highest BCUT2D eigenvalue weighted by atomic mass is 16.6. The van der Waals surface area contributed by atoms with Crippen LogP contribution in [0, 0.1) is 0 Å². The molecule has 18 heavy (non-hydrogen) atoms. The summed E-state index contributed by atoms with van der Waals surface area (Å²) in [7, 11) is 0. The fourth-order valence-electron chi connectivity index (χ4n) is 2.01. The molecule has 1 aromatic rings. The molecule has 0 saturated carbocycles. The lowest BCUT2D eigenvalue weighted by Gasteiger charge is -2.32. The van der Waals surface area contributed by atoms with Gasteiger partial charge in [-0.2, -0.15) is 0 Å². The second-order valence-electron chi connectivity index (χ2n) is 4.45. The Morgan fingerprint density at radius 1 is 1.56 bits per heavy atom. The molecule has 0 aromatic heterocycles. The molecular formula is C14H15NO3. The van der Waals surface area contributed by atoms with Crippen LogP contribution in [0.2, 0.25) is 0 Å². The molecule has 2 rings (SSSR count). The molecule has 1 aliphatic rings. The van der Waals surface area contributed by atoms with E-state index in [4.69, 9.17) is 4.74 Å². The van der Waals surface area contributed by atoms with Gasteiger partial charge in [0.25, 0.3) is 5.91 Å². The van der Waals surface area contributed by atoms with Crippen molar-refractivity contribution in [2.45, 2.75) is 18.9 Å². The average Bonchev–Trinajstić information content (AvgIpc) is 2.35. The van der Waals surface area contributed by atoms with Gasteiger partial charge in [-0.05, 0) is 18.6 Å². The normalized spacial score (nSPS) is 21.7. The van der Waals surface area contributed by atoms with Crippen molar-refractivity contribution in [2.75, 3.05) is 6.54 Å². The van der Waals surface area contributed by atoms with E-state index in [1.807, 2.05) is 12.1 Å². The van der Waals surface area contributed by atoms with Gasteiger partial charge in [0.2, 0.25) is 0 Å². The van der Waals surface area contributed by atoms with Crippen LogP contribution in [-0.2, 0) is 16.0 Å². The van der Waals surface area contributed by atoms with Crippen molar-refractivity contribution in [3.05, 3.63) is 48.0 Å². The minimum atomic E-state index is -1.14. The number of hydrogen-bond acceptors (Lipinski definition) is 3. The maximum Gasteiger partial charge on any atom is 0.339 e. The number of cyclic esters (lactones) is 1. The summed E-state index contributed by atoms with van der Waals surface area (Å²) in [5.74, 6) is -0.752. The Morgan fingerprint density at radius 3 is 3.00 bits per heavy atom. The predicted octanol–water partition coefficient (Wildman–Crippen LogP) is 1.46. The second kappa shape index (κ2) is 4.64. The highest BCUT2D eigenvalue weighted by molar-refractivity contribution is 5.97. The van der Waals surface area contributed by atoms with Gasteiger partial charge in [-0.1, -0.05) is 24.3 Å². The van der Waals surface area contributed by atoms with E-state index in [0.29, 0.717) is 18.5 Å². The van der Waals surface area contributed by atoms with Crippen LogP contribution in [0.1, 0.15) is 22.8 Å². The summed E-state index contributed by atoms with van der Waals surface area (Å²) in [5, 5.41) is 2.66. The molecule has 1 atom stereocenters. The Hall–Kier alpha value is -2.10. The van der Waals surface area contributed by atoms with Crippen LogP contribution in [0.15, 0.2) is 36.9 Å². The molecule has 1 aromatic carbocycles. The quantitative estimate of drug-likeness (QED) is 0.648. The van der Waals surface area contributed by atoms with Gasteiger partial charge in [-0.25, -0.2) is 4.79 Å². The van der Waals surface area contributed by atoms with Crippen molar-refractivity contribution in [1.29, 1.82) is 0 Å². The highest BCUT2D eigenvalue weighted by Crippen LogP contribution is 2.28. The molecule has 1 aliphatic heterocycles. The van der Waals surface area contributed by atoms with Gasteiger partial charge in [-0.15, -0.1) is 6.58 Å². The van der Waals surface area contributed by atoms with Crippen molar-refractivity contribution >= 4 is 11.9 Å². The first-order chi connectivity index (χ1) is 8.57. The first kappa shape index (κ1) is 12.4. The van der Waals surface area contributed by atoms with Crippen LogP contribution in [0.25, 0.3) is 0 Å². The standard InChI is InChI=1S/C14H15NO3/c1-3-8-15-13(17)14(2)9-10-6-4-5-7-11(10)12(16)18-14/h3-7H,1,8-9H2,2H3,(H,15,17)/t14-/m0/s1. The minimum absolute atomic E-state index is 0.301. The first-order valence-electron chi connectivity index (χ1n) is 5.77. The molecule has 1 heterocycles. The van der Waals surface area contributed by atoms with Crippen LogP contribution < -0.4 is 5.32 Å². The average molecular weight is 245 g/mol. The first-order valence-corrected chi connectivity index (χ1v) is 5.77. The summed E-state index contributed by atoms with van der Waals surface area (Å²) in [4.78, 5) is 23.9. The van der Waals surface area contributed by atoms with Gasteiger partial charge < -0.3 is 10.1 Å². The van der Waals surface area contributed by atoms with Crippen LogP contribution in [-0.4, -0.2) is 24.0 Å². The third-order valence-electron chi connectivity index (χ3n) is 2.97. The summed E-state index contributed by atoms with van der Waals surface area (Å²) in [6.07, 6.45) is 1.97. The van der Waals surface area contributed by atoms with Gasteiger partial charge in [0.1, 0.15) is 0 Å². The van der Waals surface area contributed by atoms with E-state index in [0.717, 1.165) is 5.56 Å². The zero-order valence-corrected chi connectivity index (χ0v) is 10.2. The summed E-state index contributed by atoms with van der Waals surface area (Å²) >= 11 is 0. The molecule has 0 radical (unpaired) electrons. The number of ether oxygens (including phenoxy) is 1. The van der Waals surface area contributed by atoms with Gasteiger partial charge in [-0.3, -0.25) is 4.79 Å². The van der Waals surface area contributed by atoms with E-state index >= 15 is 0 Å². The van der Waals surface area contributed by atoms with Gasteiger partial charge in [0, 0.05) is 13.0 Å². The van der Waals surface area contributed by atoms with E-state index in [2.05, 4.69) is 11.9 Å². The van der Waals surface area contributed by atoms with Gasteiger partial charge in [0.05, 0.1) is 5.56 Å². The van der Waals surface area contributed by atoms with E-state index < -0.39 is 11.6 Å². The number of amides is 1.